The second-order valence-corrected chi connectivity index (χ2v) is 9.83. The molecule has 3 aliphatic rings. The molecule has 2 aromatic rings. The summed E-state index contributed by atoms with van der Waals surface area (Å²) in [5.41, 5.74) is 5.49. The third kappa shape index (κ3) is 3.52. The average molecular weight is 411 g/mol. The fourth-order valence-electron chi connectivity index (χ4n) is 5.51. The molecule has 26 heavy (non-hydrogen) atoms. The molecule has 5 rings (SSSR count). The molecule has 0 unspecified atom stereocenters. The summed E-state index contributed by atoms with van der Waals surface area (Å²) >= 11 is 3.52. The maximum Gasteiger partial charge on any atom is 0.0175 e. The molecule has 3 fully saturated rings. The Balaban J connectivity index is 1.28. The zero-order chi connectivity index (χ0) is 18.0. The molecule has 0 aromatic heterocycles. The van der Waals surface area contributed by atoms with Gasteiger partial charge in [0.25, 0.3) is 0 Å². The molecule has 3 aliphatic carbocycles. The molecule has 0 N–H and O–H groups in total. The quantitative estimate of drug-likeness (QED) is 0.364. The van der Waals surface area contributed by atoms with Gasteiger partial charge in [0.1, 0.15) is 0 Å². The van der Waals surface area contributed by atoms with Crippen LogP contribution in [-0.4, -0.2) is 0 Å². The highest BCUT2D eigenvalue weighted by Gasteiger charge is 2.67. The van der Waals surface area contributed by atoms with E-state index in [9.17, 15) is 0 Å². The highest BCUT2D eigenvalue weighted by Crippen LogP contribution is 2.75. The molecule has 1 heteroatoms. The molecule has 3 saturated carbocycles. The van der Waals surface area contributed by atoms with Crippen LogP contribution in [0, 0.1) is 5.41 Å². The molecule has 138 valence electrons. The summed E-state index contributed by atoms with van der Waals surface area (Å²) in [4.78, 5) is 0. The summed E-state index contributed by atoms with van der Waals surface area (Å²) in [6, 6.07) is 18.0. The Morgan fingerprint density at radius 1 is 0.731 bits per heavy atom. The normalized spacial score (nSPS) is 26.2. The standard InChI is InChI=1S/C25H31Br/c1-2-3-4-5-6-7-16-24-17-25(18-24,19-24)22-12-8-20(9-13-22)21-10-14-23(26)15-11-21/h8-15H,2-7,16-19H2,1H3. The zero-order valence-corrected chi connectivity index (χ0v) is 17.7. The Kier molecular flexibility index (Phi) is 5.28. The van der Waals surface area contributed by atoms with Crippen molar-refractivity contribution < 1.29 is 0 Å². The lowest BCUT2D eigenvalue weighted by Crippen LogP contribution is -2.64. The second-order valence-electron chi connectivity index (χ2n) is 8.91. The first-order chi connectivity index (χ1) is 12.6. The third-order valence-electron chi connectivity index (χ3n) is 6.88. The molecule has 2 aromatic carbocycles. The molecule has 0 amide bonds. The van der Waals surface area contributed by atoms with Gasteiger partial charge in [0.05, 0.1) is 0 Å². The number of unbranched alkanes of at least 4 members (excludes halogenated alkanes) is 5. The summed E-state index contributed by atoms with van der Waals surface area (Å²) in [6.45, 7) is 2.30. The molecule has 0 nitrogen and oxygen atoms in total. The van der Waals surface area contributed by atoms with E-state index in [1.165, 1.54) is 75.3 Å². The molecule has 0 aliphatic heterocycles. The number of benzene rings is 2. The maximum atomic E-state index is 3.52. The first kappa shape index (κ1) is 18.3. The fourth-order valence-corrected chi connectivity index (χ4v) is 5.77. The van der Waals surface area contributed by atoms with Crippen LogP contribution < -0.4 is 0 Å². The number of hydrogen-bond donors (Lipinski definition) is 0. The van der Waals surface area contributed by atoms with Crippen molar-refractivity contribution in [3.63, 3.8) is 0 Å². The lowest BCUT2D eigenvalue weighted by Gasteiger charge is -2.72. The molecular formula is C25H31Br. The number of rotatable bonds is 9. The van der Waals surface area contributed by atoms with E-state index in [2.05, 4.69) is 71.4 Å². The monoisotopic (exact) mass is 410 g/mol. The zero-order valence-electron chi connectivity index (χ0n) is 16.1. The molecule has 0 radical (unpaired) electrons. The van der Waals surface area contributed by atoms with Crippen molar-refractivity contribution in [1.29, 1.82) is 0 Å². The van der Waals surface area contributed by atoms with E-state index in [1.807, 2.05) is 0 Å². The number of halogens is 1. The van der Waals surface area contributed by atoms with Crippen molar-refractivity contribution >= 4 is 15.9 Å². The third-order valence-corrected chi connectivity index (χ3v) is 7.40. The Bertz CT molecular complexity index is 706. The van der Waals surface area contributed by atoms with Crippen LogP contribution in [0.4, 0.5) is 0 Å². The van der Waals surface area contributed by atoms with Crippen molar-refractivity contribution in [1.82, 2.24) is 0 Å². The highest BCUT2D eigenvalue weighted by atomic mass is 79.9. The van der Waals surface area contributed by atoms with E-state index in [0.29, 0.717) is 5.41 Å². The molecule has 0 heterocycles. The Morgan fingerprint density at radius 2 is 1.27 bits per heavy atom. The smallest absolute Gasteiger partial charge is 0.0175 e. The van der Waals surface area contributed by atoms with Crippen molar-refractivity contribution in [3.8, 4) is 11.1 Å². The van der Waals surface area contributed by atoms with Gasteiger partial charge in [-0.25, -0.2) is 0 Å². The first-order valence-corrected chi connectivity index (χ1v) is 11.3. The van der Waals surface area contributed by atoms with Gasteiger partial charge in [-0.1, -0.05) is 97.8 Å². The van der Waals surface area contributed by atoms with Crippen molar-refractivity contribution in [2.24, 2.45) is 5.41 Å². The van der Waals surface area contributed by atoms with Gasteiger partial charge >= 0.3 is 0 Å². The molecule has 0 saturated heterocycles. The Hall–Kier alpha value is -1.08. The molecule has 0 spiro atoms. The topological polar surface area (TPSA) is 0 Å². The molecular weight excluding hydrogens is 380 g/mol. The van der Waals surface area contributed by atoms with Gasteiger partial charge < -0.3 is 0 Å². The van der Waals surface area contributed by atoms with Crippen LogP contribution in [0.5, 0.6) is 0 Å². The van der Waals surface area contributed by atoms with Gasteiger partial charge in [0.15, 0.2) is 0 Å². The van der Waals surface area contributed by atoms with Gasteiger partial charge in [-0.05, 0) is 65.3 Å². The van der Waals surface area contributed by atoms with E-state index in [1.54, 1.807) is 5.56 Å². The van der Waals surface area contributed by atoms with Crippen molar-refractivity contribution in [2.45, 2.75) is 76.5 Å². The van der Waals surface area contributed by atoms with Crippen molar-refractivity contribution in [2.75, 3.05) is 0 Å². The van der Waals surface area contributed by atoms with E-state index in [0.717, 1.165) is 9.89 Å². The van der Waals surface area contributed by atoms with Crippen LogP contribution in [0.1, 0.15) is 76.7 Å². The lowest BCUT2D eigenvalue weighted by molar-refractivity contribution is -0.147. The van der Waals surface area contributed by atoms with Gasteiger partial charge in [-0.2, -0.15) is 0 Å². The summed E-state index contributed by atoms with van der Waals surface area (Å²) < 4.78 is 1.14. The van der Waals surface area contributed by atoms with E-state index >= 15 is 0 Å². The van der Waals surface area contributed by atoms with Gasteiger partial charge in [0, 0.05) is 4.47 Å². The van der Waals surface area contributed by atoms with Crippen LogP contribution in [0.15, 0.2) is 53.0 Å². The van der Waals surface area contributed by atoms with Crippen LogP contribution in [0.2, 0.25) is 0 Å². The maximum absolute atomic E-state index is 3.52. The van der Waals surface area contributed by atoms with Crippen molar-refractivity contribution in [3.05, 3.63) is 58.6 Å². The first-order valence-electron chi connectivity index (χ1n) is 10.5. The predicted octanol–water partition coefficient (Wildman–Crippen LogP) is 8.29. The summed E-state index contributed by atoms with van der Waals surface area (Å²) in [5.74, 6) is 0. The van der Waals surface area contributed by atoms with Gasteiger partial charge in [0.2, 0.25) is 0 Å². The minimum absolute atomic E-state index is 0.542. The average Bonchev–Trinajstić information content (AvgIpc) is 2.59. The summed E-state index contributed by atoms with van der Waals surface area (Å²) in [5, 5.41) is 0. The van der Waals surface area contributed by atoms with Crippen LogP contribution in [0.3, 0.4) is 0 Å². The van der Waals surface area contributed by atoms with E-state index in [-0.39, 0.29) is 0 Å². The fraction of sp³-hybridized carbons (Fsp3) is 0.520. The lowest BCUT2D eigenvalue weighted by atomic mass is 9.32. The van der Waals surface area contributed by atoms with Gasteiger partial charge in [-0.3, -0.25) is 0 Å². The molecule has 0 atom stereocenters. The van der Waals surface area contributed by atoms with Crippen LogP contribution >= 0.6 is 15.9 Å². The molecule has 2 bridgehead atoms. The largest absolute Gasteiger partial charge is 0.0654 e. The number of hydrogen-bond acceptors (Lipinski definition) is 0. The van der Waals surface area contributed by atoms with Crippen LogP contribution in [0.25, 0.3) is 11.1 Å². The minimum atomic E-state index is 0.542. The predicted molar refractivity (Wildman–Crippen MR) is 116 cm³/mol. The minimum Gasteiger partial charge on any atom is -0.0654 e. The second kappa shape index (κ2) is 7.50. The summed E-state index contributed by atoms with van der Waals surface area (Å²) in [6.07, 6.45) is 14.4. The Morgan fingerprint density at radius 3 is 1.88 bits per heavy atom. The highest BCUT2D eigenvalue weighted by molar-refractivity contribution is 9.10. The van der Waals surface area contributed by atoms with Crippen LogP contribution in [-0.2, 0) is 5.41 Å². The summed E-state index contributed by atoms with van der Waals surface area (Å²) in [7, 11) is 0. The van der Waals surface area contributed by atoms with E-state index in [4.69, 9.17) is 0 Å². The van der Waals surface area contributed by atoms with Gasteiger partial charge in [-0.15, -0.1) is 0 Å². The SMILES string of the molecule is CCCCCCCCC12CC(c3ccc(-c4ccc(Br)cc4)cc3)(C1)C2. The van der Waals surface area contributed by atoms with E-state index < -0.39 is 0 Å². The Labute approximate surface area is 167 Å².